The third-order valence-corrected chi connectivity index (χ3v) is 17.8. The van der Waals surface area contributed by atoms with Gasteiger partial charge in [-0.05, 0) is 96.4 Å². The quantitative estimate of drug-likeness (QED) is 0.246. The summed E-state index contributed by atoms with van der Waals surface area (Å²) in [6.07, 6.45) is 11.8. The minimum Gasteiger partial charge on any atom is -0.668 e. The maximum absolute atomic E-state index is 4.82. The van der Waals surface area contributed by atoms with E-state index in [-0.39, 0.29) is 40.4 Å². The maximum Gasteiger partial charge on any atom is 0.0626 e. The molecule has 37 heavy (non-hydrogen) atoms. The SMILES string of the molecule is C[C]1[C](C)[C](C)[C]([Si](C)(C)[C]2[CH][CH][C]([C@@H]3C[C@H](C)CC[C@H]3C(C)C)[CH]2)[C]1C.C[Si](C)(C)[N-][Si](C)(C)C.[Sm]. The van der Waals surface area contributed by atoms with Crippen LogP contribution in [-0.4, -0.2) is 24.5 Å². The minimum absolute atomic E-state index is 0. The standard InChI is InChI=1S/C26H40Si.C6H18NSi2.Sm/c1-16(2)24-13-10-17(3)14-25(24)22-11-12-23(15-22)27(8,9)26-20(6)18(4)19(5)21(26)7;1-8(2,3)7-9(4,5)6;/h11-12,15-17,24-25H,10,13-14H2,1-9H3;1-6H3;/q;-1;/t17-,24+,25+;;/m1../s1. The molecular formula is C32H58NSi3Sm-. The Morgan fingerprint density at radius 1 is 0.757 bits per heavy atom. The Balaban J connectivity index is 0.000000589. The van der Waals surface area contributed by atoms with E-state index in [0.717, 1.165) is 23.7 Å². The molecule has 0 bridgehead atoms. The van der Waals surface area contributed by atoms with Gasteiger partial charge in [-0.1, -0.05) is 124 Å². The second-order valence-corrected chi connectivity index (χ2v) is 28.7. The Kier molecular flexibility index (Phi) is 14.4. The van der Waals surface area contributed by atoms with E-state index in [1.165, 1.54) is 31.1 Å². The Hall–Kier alpha value is 1.95. The van der Waals surface area contributed by atoms with Crippen LogP contribution in [0.1, 0.15) is 67.7 Å². The number of rotatable bonds is 6. The van der Waals surface area contributed by atoms with E-state index in [1.54, 1.807) is 28.8 Å². The molecule has 3 atom stereocenters. The Morgan fingerprint density at radius 3 is 1.65 bits per heavy atom. The molecule has 0 aromatic rings. The first-order chi connectivity index (χ1) is 16.3. The molecule has 0 saturated heterocycles. The molecule has 3 saturated carbocycles. The van der Waals surface area contributed by atoms with Gasteiger partial charge in [0.2, 0.25) is 0 Å². The van der Waals surface area contributed by atoms with Crippen LogP contribution in [0.3, 0.4) is 0 Å². The van der Waals surface area contributed by atoms with Crippen molar-refractivity contribution < 1.29 is 40.4 Å². The molecular weight excluding hydrogens is 633 g/mol. The third kappa shape index (κ3) is 10.0. The van der Waals surface area contributed by atoms with Crippen LogP contribution in [0.15, 0.2) is 0 Å². The molecule has 3 rings (SSSR count). The van der Waals surface area contributed by atoms with E-state index in [4.69, 9.17) is 4.65 Å². The van der Waals surface area contributed by atoms with Crippen molar-refractivity contribution in [1.29, 1.82) is 0 Å². The first-order valence-corrected chi connectivity index (χ1v) is 24.4. The fourth-order valence-corrected chi connectivity index (χ4v) is 18.6. The van der Waals surface area contributed by atoms with Gasteiger partial charge in [0, 0.05) is 40.4 Å². The monoisotopic (exact) mass is 692 g/mol. The van der Waals surface area contributed by atoms with Crippen LogP contribution >= 0.6 is 0 Å². The summed E-state index contributed by atoms with van der Waals surface area (Å²) in [7, 11) is -3.88. The smallest absolute Gasteiger partial charge is 0.0626 e. The molecule has 5 heteroatoms. The first kappa shape index (κ1) is 37.0. The molecule has 0 aliphatic heterocycles. The molecule has 0 amide bonds. The van der Waals surface area contributed by atoms with Crippen molar-refractivity contribution in [3.8, 4) is 0 Å². The topological polar surface area (TPSA) is 14.1 Å². The van der Waals surface area contributed by atoms with E-state index in [9.17, 15) is 0 Å². The molecule has 3 fully saturated rings. The van der Waals surface area contributed by atoms with Gasteiger partial charge in [-0.3, -0.25) is 0 Å². The summed E-state index contributed by atoms with van der Waals surface area (Å²) in [5, 5.41) is 0. The van der Waals surface area contributed by atoms with Gasteiger partial charge in [-0.2, -0.15) is 0 Å². The summed E-state index contributed by atoms with van der Waals surface area (Å²) < 4.78 is 4.82. The van der Waals surface area contributed by atoms with Crippen LogP contribution in [0.4, 0.5) is 0 Å². The second-order valence-electron chi connectivity index (χ2n) is 14.8. The van der Waals surface area contributed by atoms with Crippen molar-refractivity contribution in [1.82, 2.24) is 0 Å². The predicted molar refractivity (Wildman–Crippen MR) is 171 cm³/mol. The summed E-state index contributed by atoms with van der Waals surface area (Å²) >= 11 is 0. The summed E-state index contributed by atoms with van der Waals surface area (Å²) in [6.45, 7) is 35.5. The van der Waals surface area contributed by atoms with Crippen molar-refractivity contribution in [3.05, 3.63) is 64.6 Å². The molecule has 10 radical (unpaired) electrons. The van der Waals surface area contributed by atoms with Crippen molar-refractivity contribution >= 4 is 24.5 Å². The van der Waals surface area contributed by atoms with Gasteiger partial charge >= 0.3 is 0 Å². The predicted octanol–water partition coefficient (Wildman–Crippen LogP) is 10.3. The van der Waals surface area contributed by atoms with Crippen LogP contribution in [0, 0.1) is 124 Å². The van der Waals surface area contributed by atoms with Crippen molar-refractivity contribution in [2.45, 2.75) is 120 Å². The molecule has 3 aliphatic carbocycles. The molecule has 0 N–H and O–H groups in total. The minimum atomic E-state index is -1.66. The average molecular weight is 691 g/mol. The van der Waals surface area contributed by atoms with E-state index >= 15 is 0 Å². The average Bonchev–Trinajstić information content (AvgIpc) is 3.27. The summed E-state index contributed by atoms with van der Waals surface area (Å²) in [4.78, 5) is 0. The van der Waals surface area contributed by atoms with Gasteiger partial charge in [0.15, 0.2) is 0 Å². The van der Waals surface area contributed by atoms with Crippen molar-refractivity contribution in [3.63, 3.8) is 0 Å². The van der Waals surface area contributed by atoms with Gasteiger partial charge in [0.05, 0.1) is 8.07 Å². The zero-order valence-electron chi connectivity index (χ0n) is 27.0. The zero-order chi connectivity index (χ0) is 27.8. The van der Waals surface area contributed by atoms with E-state index < -0.39 is 24.5 Å². The fourth-order valence-electron chi connectivity index (χ4n) is 6.97. The molecule has 1 nitrogen and oxygen atoms in total. The number of hydrogen-bond donors (Lipinski definition) is 0. The van der Waals surface area contributed by atoms with Crippen LogP contribution in [-0.2, 0) is 0 Å². The third-order valence-electron chi connectivity index (χ3n) is 8.68. The Bertz CT molecular complexity index is 657. The molecule has 0 heterocycles. The molecule has 210 valence electrons. The summed E-state index contributed by atoms with van der Waals surface area (Å²) in [5.74, 6) is 11.0. The first-order valence-electron chi connectivity index (χ1n) is 14.5. The number of nitrogens with zero attached hydrogens (tertiary/aromatic N) is 1. The van der Waals surface area contributed by atoms with Gasteiger partial charge < -0.3 is 4.65 Å². The van der Waals surface area contributed by atoms with E-state index in [2.05, 4.69) is 120 Å². The molecule has 3 aliphatic rings. The molecule has 0 aromatic heterocycles. The molecule has 0 spiro atoms. The van der Waals surface area contributed by atoms with E-state index in [0.29, 0.717) is 0 Å². The Labute approximate surface area is 270 Å². The summed E-state index contributed by atoms with van der Waals surface area (Å²) in [5.41, 5.74) is 3.32. The fraction of sp³-hybridized carbons (Fsp3) is 0.688. The van der Waals surface area contributed by atoms with Crippen LogP contribution in [0.5, 0.6) is 0 Å². The van der Waals surface area contributed by atoms with Crippen molar-refractivity contribution in [2.75, 3.05) is 0 Å². The van der Waals surface area contributed by atoms with Crippen LogP contribution < -0.4 is 0 Å². The summed E-state index contributed by atoms with van der Waals surface area (Å²) in [6, 6.07) is 0. The van der Waals surface area contributed by atoms with Gasteiger partial charge in [0.1, 0.15) is 0 Å². The van der Waals surface area contributed by atoms with Gasteiger partial charge in [0.25, 0.3) is 0 Å². The molecule has 0 aromatic carbocycles. The van der Waals surface area contributed by atoms with E-state index in [1.807, 2.05) is 0 Å². The normalized spacial score (nSPS) is 29.0. The Morgan fingerprint density at radius 2 is 1.24 bits per heavy atom. The van der Waals surface area contributed by atoms with Crippen LogP contribution in [0.2, 0.25) is 52.4 Å². The van der Waals surface area contributed by atoms with Gasteiger partial charge in [-0.25, -0.2) is 0 Å². The van der Waals surface area contributed by atoms with Gasteiger partial charge in [-0.15, -0.1) is 0 Å². The molecule has 0 unspecified atom stereocenters. The maximum atomic E-state index is 4.82. The number of hydrogen-bond acceptors (Lipinski definition) is 0. The largest absolute Gasteiger partial charge is 0.668 e. The van der Waals surface area contributed by atoms with Crippen molar-refractivity contribution in [2.24, 2.45) is 23.7 Å². The second kappa shape index (κ2) is 14.4. The van der Waals surface area contributed by atoms with Crippen LogP contribution in [0.25, 0.3) is 4.65 Å². The zero-order valence-corrected chi connectivity index (χ0v) is 32.6.